The second-order valence-corrected chi connectivity index (χ2v) is 6.18. The van der Waals surface area contributed by atoms with Crippen molar-refractivity contribution in [3.8, 4) is 0 Å². The van der Waals surface area contributed by atoms with Crippen LogP contribution >= 0.6 is 11.3 Å². The molecule has 20 heavy (non-hydrogen) atoms. The number of anilines is 1. The molecule has 0 spiro atoms. The van der Waals surface area contributed by atoms with Crippen LogP contribution < -0.4 is 5.32 Å². The van der Waals surface area contributed by atoms with Crippen LogP contribution in [0.5, 0.6) is 0 Å². The minimum atomic E-state index is 0.847. The average molecular weight is 289 g/mol. The molecule has 3 nitrogen and oxygen atoms in total. The molecule has 1 N–H and O–H groups in total. The van der Waals surface area contributed by atoms with E-state index in [-0.39, 0.29) is 0 Å². The van der Waals surface area contributed by atoms with Gasteiger partial charge in [0, 0.05) is 23.3 Å². The molecule has 108 valence electrons. The maximum Gasteiger partial charge on any atom is 0.0897 e. The third-order valence-electron chi connectivity index (χ3n) is 3.36. The summed E-state index contributed by atoms with van der Waals surface area (Å²) < 4.78 is 0. The molecule has 0 aliphatic carbocycles. The molecule has 0 bridgehead atoms. The van der Waals surface area contributed by atoms with Gasteiger partial charge >= 0.3 is 0 Å². The Balaban J connectivity index is 1.95. The molecular weight excluding hydrogens is 266 g/mol. The summed E-state index contributed by atoms with van der Waals surface area (Å²) >= 11 is 1.75. The molecule has 0 saturated heterocycles. The summed E-state index contributed by atoms with van der Waals surface area (Å²) in [5.41, 5.74) is 2.54. The van der Waals surface area contributed by atoms with Crippen molar-refractivity contribution < 1.29 is 0 Å². The van der Waals surface area contributed by atoms with Gasteiger partial charge in [-0.3, -0.25) is 4.90 Å². The van der Waals surface area contributed by atoms with Crippen molar-refractivity contribution in [2.75, 3.05) is 18.4 Å². The quantitative estimate of drug-likeness (QED) is 0.837. The third-order valence-corrected chi connectivity index (χ3v) is 4.28. The van der Waals surface area contributed by atoms with Crippen molar-refractivity contribution in [3.63, 3.8) is 0 Å². The van der Waals surface area contributed by atoms with Crippen molar-refractivity contribution in [1.29, 1.82) is 0 Å². The predicted molar refractivity (Wildman–Crippen MR) is 87.2 cm³/mol. The molecule has 0 aliphatic heterocycles. The topological polar surface area (TPSA) is 28.2 Å². The van der Waals surface area contributed by atoms with E-state index in [2.05, 4.69) is 53.3 Å². The van der Waals surface area contributed by atoms with Gasteiger partial charge in [0.15, 0.2) is 0 Å². The first-order valence-electron chi connectivity index (χ1n) is 7.17. The Labute approximate surface area is 125 Å². The van der Waals surface area contributed by atoms with Crippen LogP contribution in [0.15, 0.2) is 30.5 Å². The van der Waals surface area contributed by atoms with E-state index < -0.39 is 0 Å². The molecule has 0 atom stereocenters. The first-order chi connectivity index (χ1) is 9.71. The summed E-state index contributed by atoms with van der Waals surface area (Å²) in [7, 11) is 0. The lowest BCUT2D eigenvalue weighted by atomic mass is 10.2. The molecular formula is C16H23N3S. The highest BCUT2D eigenvalue weighted by Gasteiger charge is 2.03. The normalized spacial score (nSPS) is 11.0. The number of nitrogens with zero attached hydrogens (tertiary/aromatic N) is 2. The van der Waals surface area contributed by atoms with Crippen LogP contribution in [-0.4, -0.2) is 23.0 Å². The maximum absolute atomic E-state index is 4.28. The molecule has 4 heteroatoms. The maximum atomic E-state index is 4.28. The summed E-state index contributed by atoms with van der Waals surface area (Å²) in [5.74, 6) is 0. The minimum Gasteiger partial charge on any atom is -0.380 e. The zero-order valence-corrected chi connectivity index (χ0v) is 13.3. The highest BCUT2D eigenvalue weighted by molar-refractivity contribution is 7.11. The van der Waals surface area contributed by atoms with Crippen molar-refractivity contribution in [1.82, 2.24) is 9.88 Å². The van der Waals surface area contributed by atoms with E-state index in [4.69, 9.17) is 0 Å². The number of nitrogens with one attached hydrogen (secondary N) is 1. The van der Waals surface area contributed by atoms with Gasteiger partial charge in [0.2, 0.25) is 0 Å². The molecule has 0 fully saturated rings. The molecule has 0 radical (unpaired) electrons. The predicted octanol–water partition coefficient (Wildman–Crippen LogP) is 3.91. The fourth-order valence-electron chi connectivity index (χ4n) is 2.16. The van der Waals surface area contributed by atoms with E-state index in [1.165, 1.54) is 16.1 Å². The largest absolute Gasteiger partial charge is 0.380 e. The van der Waals surface area contributed by atoms with Crippen LogP contribution in [0.1, 0.15) is 29.3 Å². The molecule has 2 aromatic rings. The lowest BCUT2D eigenvalue weighted by Crippen LogP contribution is -2.22. The van der Waals surface area contributed by atoms with Gasteiger partial charge < -0.3 is 5.32 Å². The standard InChI is InChI=1S/C16H23N3S/c1-4-19(5-2)12-14-7-6-8-15(9-14)18-11-16-10-17-13(3)20-16/h6-10,18H,4-5,11-12H2,1-3H3. The Hall–Kier alpha value is -1.39. The summed E-state index contributed by atoms with van der Waals surface area (Å²) in [5, 5.41) is 4.60. The Morgan fingerprint density at radius 2 is 2.05 bits per heavy atom. The summed E-state index contributed by atoms with van der Waals surface area (Å²) in [6.45, 7) is 10.5. The van der Waals surface area contributed by atoms with Crippen LogP contribution in [-0.2, 0) is 13.1 Å². The Kier molecular flexibility index (Phi) is 5.56. The van der Waals surface area contributed by atoms with Gasteiger partial charge in [0.05, 0.1) is 11.6 Å². The second-order valence-electron chi connectivity index (χ2n) is 4.86. The second kappa shape index (κ2) is 7.41. The highest BCUT2D eigenvalue weighted by atomic mass is 32.1. The van der Waals surface area contributed by atoms with Gasteiger partial charge in [-0.25, -0.2) is 4.98 Å². The number of hydrogen-bond donors (Lipinski definition) is 1. The van der Waals surface area contributed by atoms with Gasteiger partial charge in [-0.05, 0) is 37.7 Å². The molecule has 0 aliphatic rings. The number of benzene rings is 1. The Morgan fingerprint density at radius 1 is 1.25 bits per heavy atom. The smallest absolute Gasteiger partial charge is 0.0897 e. The van der Waals surface area contributed by atoms with Crippen molar-refractivity contribution in [2.45, 2.75) is 33.9 Å². The SMILES string of the molecule is CCN(CC)Cc1cccc(NCc2cnc(C)s2)c1. The first-order valence-corrected chi connectivity index (χ1v) is 7.99. The van der Waals surface area contributed by atoms with Crippen LogP contribution in [0.3, 0.4) is 0 Å². The minimum absolute atomic E-state index is 0.847. The van der Waals surface area contributed by atoms with Gasteiger partial charge in [-0.15, -0.1) is 11.3 Å². The zero-order valence-electron chi connectivity index (χ0n) is 12.5. The fraction of sp³-hybridized carbons (Fsp3) is 0.438. The Morgan fingerprint density at radius 3 is 2.70 bits per heavy atom. The molecule has 0 unspecified atom stereocenters. The number of aromatic nitrogens is 1. The van der Waals surface area contributed by atoms with Crippen molar-refractivity contribution in [3.05, 3.63) is 45.9 Å². The fourth-order valence-corrected chi connectivity index (χ4v) is 2.90. The average Bonchev–Trinajstić information content (AvgIpc) is 2.89. The van der Waals surface area contributed by atoms with E-state index in [0.717, 1.165) is 31.2 Å². The van der Waals surface area contributed by atoms with Crippen LogP contribution in [0, 0.1) is 6.92 Å². The van der Waals surface area contributed by atoms with Crippen LogP contribution in [0.25, 0.3) is 0 Å². The van der Waals surface area contributed by atoms with Gasteiger partial charge in [0.1, 0.15) is 0 Å². The van der Waals surface area contributed by atoms with Gasteiger partial charge in [-0.1, -0.05) is 26.0 Å². The van der Waals surface area contributed by atoms with Crippen LogP contribution in [0.2, 0.25) is 0 Å². The van der Waals surface area contributed by atoms with E-state index in [1.807, 2.05) is 13.1 Å². The summed E-state index contributed by atoms with van der Waals surface area (Å²) in [6.07, 6.45) is 1.95. The lowest BCUT2D eigenvalue weighted by Gasteiger charge is -2.18. The molecule has 0 amide bonds. The summed E-state index contributed by atoms with van der Waals surface area (Å²) in [6, 6.07) is 8.69. The molecule has 0 saturated carbocycles. The molecule has 1 heterocycles. The van der Waals surface area contributed by atoms with E-state index >= 15 is 0 Å². The third kappa shape index (κ3) is 4.32. The number of thiazole rings is 1. The molecule has 2 rings (SSSR count). The molecule has 1 aromatic carbocycles. The number of hydrogen-bond acceptors (Lipinski definition) is 4. The Bertz CT molecular complexity index is 532. The zero-order chi connectivity index (χ0) is 14.4. The van der Waals surface area contributed by atoms with Crippen molar-refractivity contribution in [2.24, 2.45) is 0 Å². The van der Waals surface area contributed by atoms with E-state index in [1.54, 1.807) is 11.3 Å². The number of aryl methyl sites for hydroxylation is 1. The van der Waals surface area contributed by atoms with Crippen LogP contribution in [0.4, 0.5) is 5.69 Å². The lowest BCUT2D eigenvalue weighted by molar-refractivity contribution is 0.296. The monoisotopic (exact) mass is 289 g/mol. The summed E-state index contributed by atoms with van der Waals surface area (Å²) in [4.78, 5) is 7.98. The van der Waals surface area contributed by atoms with Crippen molar-refractivity contribution >= 4 is 17.0 Å². The molecule has 1 aromatic heterocycles. The first kappa shape index (κ1) is 15.0. The number of rotatable bonds is 7. The van der Waals surface area contributed by atoms with E-state index in [9.17, 15) is 0 Å². The van der Waals surface area contributed by atoms with E-state index in [0.29, 0.717) is 0 Å². The van der Waals surface area contributed by atoms with Gasteiger partial charge in [-0.2, -0.15) is 0 Å². The van der Waals surface area contributed by atoms with Gasteiger partial charge in [0.25, 0.3) is 0 Å². The highest BCUT2D eigenvalue weighted by Crippen LogP contribution is 2.16.